The van der Waals surface area contributed by atoms with Crippen LogP contribution in [-0.4, -0.2) is 61.2 Å². The second-order valence-electron chi connectivity index (χ2n) is 3.72. The summed E-state index contributed by atoms with van der Waals surface area (Å²) in [5.41, 5.74) is -0.311. The molecule has 15 heavy (non-hydrogen) atoms. The Bertz CT molecular complexity index is 206. The van der Waals surface area contributed by atoms with Gasteiger partial charge in [0.05, 0.1) is 31.8 Å². The number of nitrogens with one attached hydrogen (secondary N) is 2. The summed E-state index contributed by atoms with van der Waals surface area (Å²) in [6, 6.07) is 0. The number of aliphatic carboxylic acids is 1. The van der Waals surface area contributed by atoms with Crippen LogP contribution in [-0.2, 0) is 9.53 Å². The van der Waals surface area contributed by atoms with E-state index < -0.39 is 5.97 Å². The largest absolute Gasteiger partial charge is 0.481 e. The Hall–Kier alpha value is -0.690. The van der Waals surface area contributed by atoms with Crippen LogP contribution in [0.3, 0.4) is 0 Å². The lowest BCUT2D eigenvalue weighted by atomic mass is 9.88. The molecule has 88 valence electrons. The zero-order chi connectivity index (χ0) is 11.1. The standard InChI is InChI=1S/C9H18N2O4/c12-2-4-15-3-1-11-9(5-8(13)14)6-10-7-9/h10-12H,1-7H2,(H,13,14). The first kappa shape index (κ1) is 12.4. The second-order valence-corrected chi connectivity index (χ2v) is 3.72. The highest BCUT2D eigenvalue weighted by atomic mass is 16.5. The van der Waals surface area contributed by atoms with Crippen molar-refractivity contribution in [2.24, 2.45) is 0 Å². The molecule has 1 rings (SSSR count). The van der Waals surface area contributed by atoms with E-state index in [1.54, 1.807) is 0 Å². The Balaban J connectivity index is 2.13. The number of carbonyl (C=O) groups is 1. The van der Waals surface area contributed by atoms with Crippen LogP contribution in [0.1, 0.15) is 6.42 Å². The smallest absolute Gasteiger partial charge is 0.305 e. The number of aliphatic hydroxyl groups is 1. The van der Waals surface area contributed by atoms with Crippen LogP contribution in [0, 0.1) is 0 Å². The van der Waals surface area contributed by atoms with Crippen molar-refractivity contribution in [1.82, 2.24) is 10.6 Å². The van der Waals surface area contributed by atoms with Gasteiger partial charge in [-0.15, -0.1) is 0 Å². The summed E-state index contributed by atoms with van der Waals surface area (Å²) >= 11 is 0. The van der Waals surface area contributed by atoms with Crippen molar-refractivity contribution >= 4 is 5.97 Å². The summed E-state index contributed by atoms with van der Waals surface area (Å²) in [5, 5.41) is 23.4. The predicted octanol–water partition coefficient (Wildman–Crippen LogP) is -1.60. The van der Waals surface area contributed by atoms with Crippen molar-refractivity contribution in [2.45, 2.75) is 12.0 Å². The van der Waals surface area contributed by atoms with E-state index in [1.165, 1.54) is 0 Å². The molecule has 0 aliphatic carbocycles. The molecule has 6 nitrogen and oxygen atoms in total. The molecule has 0 saturated carbocycles. The number of aliphatic hydroxyl groups excluding tert-OH is 1. The number of carboxylic acids is 1. The Labute approximate surface area is 88.6 Å². The molecule has 1 heterocycles. The fraction of sp³-hybridized carbons (Fsp3) is 0.889. The van der Waals surface area contributed by atoms with Crippen LogP contribution in [0.25, 0.3) is 0 Å². The van der Waals surface area contributed by atoms with Crippen LogP contribution >= 0.6 is 0 Å². The molecule has 0 spiro atoms. The number of hydrogen-bond acceptors (Lipinski definition) is 5. The molecule has 4 N–H and O–H groups in total. The van der Waals surface area contributed by atoms with E-state index in [4.69, 9.17) is 14.9 Å². The Morgan fingerprint density at radius 3 is 2.67 bits per heavy atom. The quantitative estimate of drug-likeness (QED) is 0.367. The summed E-state index contributed by atoms with van der Waals surface area (Å²) in [6.07, 6.45) is 0.125. The molecule has 1 saturated heterocycles. The highest BCUT2D eigenvalue weighted by molar-refractivity contribution is 5.68. The van der Waals surface area contributed by atoms with Crippen LogP contribution in [0.15, 0.2) is 0 Å². The molecule has 0 atom stereocenters. The highest BCUT2D eigenvalue weighted by Crippen LogP contribution is 2.15. The topological polar surface area (TPSA) is 90.8 Å². The van der Waals surface area contributed by atoms with Gasteiger partial charge in [-0.25, -0.2) is 0 Å². The molecular formula is C9H18N2O4. The Morgan fingerprint density at radius 1 is 1.47 bits per heavy atom. The average Bonchev–Trinajstić information content (AvgIpc) is 2.12. The minimum atomic E-state index is -0.791. The third kappa shape index (κ3) is 4.13. The van der Waals surface area contributed by atoms with Crippen LogP contribution in [0.5, 0.6) is 0 Å². The van der Waals surface area contributed by atoms with Crippen molar-refractivity contribution in [3.05, 3.63) is 0 Å². The molecule has 0 amide bonds. The third-order valence-electron chi connectivity index (χ3n) is 2.40. The summed E-state index contributed by atoms with van der Waals surface area (Å²) in [5.74, 6) is -0.791. The zero-order valence-electron chi connectivity index (χ0n) is 8.66. The maximum absolute atomic E-state index is 10.6. The van der Waals surface area contributed by atoms with E-state index in [0.717, 1.165) is 0 Å². The molecule has 6 heteroatoms. The van der Waals surface area contributed by atoms with Gasteiger partial charge in [0.25, 0.3) is 0 Å². The molecule has 1 aliphatic heterocycles. The highest BCUT2D eigenvalue weighted by Gasteiger charge is 2.38. The van der Waals surface area contributed by atoms with Crippen molar-refractivity contribution < 1.29 is 19.7 Å². The van der Waals surface area contributed by atoms with Gasteiger partial charge in [-0.1, -0.05) is 0 Å². The summed E-state index contributed by atoms with van der Waals surface area (Å²) in [6.45, 7) is 2.79. The second kappa shape index (κ2) is 6.02. The van der Waals surface area contributed by atoms with Gasteiger partial charge < -0.3 is 25.6 Å². The molecule has 1 fully saturated rings. The lowest BCUT2D eigenvalue weighted by Crippen LogP contribution is -2.68. The van der Waals surface area contributed by atoms with E-state index in [1.807, 2.05) is 0 Å². The van der Waals surface area contributed by atoms with Gasteiger partial charge >= 0.3 is 5.97 Å². The van der Waals surface area contributed by atoms with Crippen molar-refractivity contribution in [2.75, 3.05) is 39.5 Å². The van der Waals surface area contributed by atoms with Gasteiger partial charge in [0.2, 0.25) is 0 Å². The summed E-state index contributed by atoms with van der Waals surface area (Å²) in [4.78, 5) is 10.6. The third-order valence-corrected chi connectivity index (χ3v) is 2.40. The molecule has 0 radical (unpaired) electrons. The van der Waals surface area contributed by atoms with Gasteiger partial charge in [-0.3, -0.25) is 4.79 Å². The molecule has 1 aliphatic rings. The van der Waals surface area contributed by atoms with Crippen LogP contribution in [0.2, 0.25) is 0 Å². The monoisotopic (exact) mass is 218 g/mol. The first-order valence-corrected chi connectivity index (χ1v) is 5.05. The SMILES string of the molecule is O=C(O)CC1(NCCOCCO)CNC1. The maximum Gasteiger partial charge on any atom is 0.305 e. The van der Waals surface area contributed by atoms with Crippen LogP contribution < -0.4 is 10.6 Å². The molecular weight excluding hydrogens is 200 g/mol. The Kier molecular flexibility index (Phi) is 4.97. The van der Waals surface area contributed by atoms with Gasteiger partial charge in [0.1, 0.15) is 0 Å². The van der Waals surface area contributed by atoms with Gasteiger partial charge in [-0.05, 0) is 0 Å². The fourth-order valence-corrected chi connectivity index (χ4v) is 1.58. The minimum absolute atomic E-state index is 0.0157. The van der Waals surface area contributed by atoms with E-state index in [-0.39, 0.29) is 18.6 Å². The van der Waals surface area contributed by atoms with E-state index in [0.29, 0.717) is 32.8 Å². The summed E-state index contributed by atoms with van der Waals surface area (Å²) < 4.78 is 5.07. The molecule has 0 aromatic heterocycles. The van der Waals surface area contributed by atoms with E-state index >= 15 is 0 Å². The fourth-order valence-electron chi connectivity index (χ4n) is 1.58. The van der Waals surface area contributed by atoms with Gasteiger partial charge in [0.15, 0.2) is 0 Å². The van der Waals surface area contributed by atoms with E-state index in [2.05, 4.69) is 10.6 Å². The number of rotatable bonds is 8. The normalized spacial score (nSPS) is 18.5. The van der Waals surface area contributed by atoms with Gasteiger partial charge in [0, 0.05) is 19.6 Å². The first-order chi connectivity index (χ1) is 7.18. The molecule has 0 aromatic rings. The van der Waals surface area contributed by atoms with Crippen molar-refractivity contribution in [3.63, 3.8) is 0 Å². The Morgan fingerprint density at radius 2 is 2.20 bits per heavy atom. The number of carboxylic acid groups (broad SMARTS) is 1. The number of ether oxygens (including phenoxy) is 1. The first-order valence-electron chi connectivity index (χ1n) is 5.05. The van der Waals surface area contributed by atoms with Crippen LogP contribution in [0.4, 0.5) is 0 Å². The van der Waals surface area contributed by atoms with Crippen molar-refractivity contribution in [1.29, 1.82) is 0 Å². The average molecular weight is 218 g/mol. The van der Waals surface area contributed by atoms with E-state index in [9.17, 15) is 4.79 Å². The molecule has 0 bridgehead atoms. The lowest BCUT2D eigenvalue weighted by Gasteiger charge is -2.42. The zero-order valence-corrected chi connectivity index (χ0v) is 8.66. The number of hydrogen-bond donors (Lipinski definition) is 4. The predicted molar refractivity (Wildman–Crippen MR) is 53.8 cm³/mol. The maximum atomic E-state index is 10.6. The minimum Gasteiger partial charge on any atom is -0.481 e. The summed E-state index contributed by atoms with van der Waals surface area (Å²) in [7, 11) is 0. The molecule has 0 aromatic carbocycles. The van der Waals surface area contributed by atoms with Crippen molar-refractivity contribution in [3.8, 4) is 0 Å². The van der Waals surface area contributed by atoms with Gasteiger partial charge in [-0.2, -0.15) is 0 Å². The lowest BCUT2D eigenvalue weighted by molar-refractivity contribution is -0.139. The molecule has 0 unspecified atom stereocenters.